The normalized spacial score (nSPS) is 12.5. The van der Waals surface area contributed by atoms with Crippen LogP contribution in [0.25, 0.3) is 11.0 Å². The van der Waals surface area contributed by atoms with Crippen molar-refractivity contribution in [3.63, 3.8) is 0 Å². The molecule has 3 rings (SSSR count). The van der Waals surface area contributed by atoms with Crippen LogP contribution in [-0.4, -0.2) is 29.7 Å². The molecule has 2 aromatic carbocycles. The molecule has 176 valence electrons. The van der Waals surface area contributed by atoms with Gasteiger partial charge in [0.05, 0.1) is 25.3 Å². The highest BCUT2D eigenvalue weighted by molar-refractivity contribution is 5.95. The quantitative estimate of drug-likeness (QED) is 0.576. The van der Waals surface area contributed by atoms with Crippen molar-refractivity contribution < 1.29 is 27.4 Å². The number of hydrogen-bond acceptors (Lipinski definition) is 5. The fourth-order valence-electron chi connectivity index (χ4n) is 3.58. The number of nitrogens with zero attached hydrogens (tertiary/aromatic N) is 2. The van der Waals surface area contributed by atoms with E-state index in [4.69, 9.17) is 9.47 Å². The topological polar surface area (TPSA) is 82.5 Å². The number of fused-ring (bicyclic) bond motifs is 1. The molecule has 0 aliphatic carbocycles. The minimum atomic E-state index is -4.97. The second kappa shape index (κ2) is 9.13. The molecule has 0 saturated heterocycles. The number of anilines is 1. The lowest BCUT2D eigenvalue weighted by molar-refractivity contribution is -0.142. The molecule has 10 heteroatoms. The maximum atomic E-state index is 13.6. The summed E-state index contributed by atoms with van der Waals surface area (Å²) in [5, 5.41) is 2.66. The van der Waals surface area contributed by atoms with Crippen LogP contribution in [0.2, 0.25) is 0 Å². The molecular weight excluding hydrogens is 439 g/mol. The van der Waals surface area contributed by atoms with Gasteiger partial charge >= 0.3 is 6.18 Å². The third-order valence-electron chi connectivity index (χ3n) is 5.42. The van der Waals surface area contributed by atoms with Crippen molar-refractivity contribution in [2.75, 3.05) is 19.5 Å². The summed E-state index contributed by atoms with van der Waals surface area (Å²) in [7, 11) is 2.90. The number of carbonyl (C=O) groups excluding carboxylic acids is 1. The third-order valence-corrected chi connectivity index (χ3v) is 5.42. The smallest absolute Gasteiger partial charge is 0.438 e. The van der Waals surface area contributed by atoms with Crippen LogP contribution in [0.1, 0.15) is 36.2 Å². The van der Waals surface area contributed by atoms with Gasteiger partial charge in [-0.15, -0.1) is 0 Å². The molecule has 7 nitrogen and oxygen atoms in total. The summed E-state index contributed by atoms with van der Waals surface area (Å²) in [4.78, 5) is 29.7. The van der Waals surface area contributed by atoms with Crippen molar-refractivity contribution >= 4 is 22.6 Å². The predicted molar refractivity (Wildman–Crippen MR) is 118 cm³/mol. The van der Waals surface area contributed by atoms with Gasteiger partial charge in [-0.25, -0.2) is 4.98 Å². The highest BCUT2D eigenvalue weighted by Crippen LogP contribution is 2.31. The Labute approximate surface area is 188 Å². The van der Waals surface area contributed by atoms with Gasteiger partial charge < -0.3 is 14.8 Å². The molecule has 1 aromatic heterocycles. The lowest BCUT2D eigenvalue weighted by atomic mass is 10.1. The maximum absolute atomic E-state index is 13.6. The summed E-state index contributed by atoms with van der Waals surface area (Å²) in [6.45, 7) is 5.12. The number of benzene rings is 2. The van der Waals surface area contributed by atoms with E-state index in [1.807, 2.05) is 0 Å². The number of methoxy groups -OCH3 is 2. The van der Waals surface area contributed by atoms with Crippen LogP contribution in [0.15, 0.2) is 35.1 Å². The Morgan fingerprint density at radius 3 is 2.30 bits per heavy atom. The van der Waals surface area contributed by atoms with Gasteiger partial charge in [-0.1, -0.05) is 6.92 Å². The van der Waals surface area contributed by atoms with Crippen LogP contribution in [0, 0.1) is 13.8 Å². The van der Waals surface area contributed by atoms with Crippen LogP contribution >= 0.6 is 0 Å². The van der Waals surface area contributed by atoms with Gasteiger partial charge in [0.2, 0.25) is 11.6 Å². The van der Waals surface area contributed by atoms with Gasteiger partial charge in [0, 0.05) is 11.8 Å². The molecule has 1 heterocycles. The predicted octanol–water partition coefficient (Wildman–Crippen LogP) is 4.64. The number of aryl methyl sites for hydroxylation is 2. The van der Waals surface area contributed by atoms with Gasteiger partial charge in [-0.3, -0.25) is 14.2 Å². The summed E-state index contributed by atoms with van der Waals surface area (Å²) in [6, 6.07) is 6.51. The van der Waals surface area contributed by atoms with Crippen LogP contribution < -0.4 is 20.3 Å². The number of amides is 1. The monoisotopic (exact) mass is 463 g/mol. The van der Waals surface area contributed by atoms with Crippen molar-refractivity contribution in [3.8, 4) is 11.5 Å². The van der Waals surface area contributed by atoms with Crippen LogP contribution in [0.3, 0.4) is 0 Å². The van der Waals surface area contributed by atoms with E-state index in [-0.39, 0.29) is 17.5 Å². The number of halogens is 3. The molecule has 1 amide bonds. The van der Waals surface area contributed by atoms with E-state index in [0.29, 0.717) is 17.2 Å². The van der Waals surface area contributed by atoms with E-state index in [0.717, 1.165) is 15.7 Å². The Hall–Kier alpha value is -3.56. The summed E-state index contributed by atoms with van der Waals surface area (Å²) >= 11 is 0. The summed E-state index contributed by atoms with van der Waals surface area (Å²) < 4.78 is 52.1. The lowest BCUT2D eigenvalue weighted by Gasteiger charge is -2.22. The van der Waals surface area contributed by atoms with E-state index < -0.39 is 29.4 Å². The van der Waals surface area contributed by atoms with Crippen LogP contribution in [0.4, 0.5) is 18.9 Å². The van der Waals surface area contributed by atoms with Gasteiger partial charge in [-0.05, 0) is 55.7 Å². The molecular formula is C23H24F3N3O4. The SMILES string of the molecule is CC[C@@H](C(=O)Nc1ccc(OC)c(OC)c1)n1c(=O)c(C(F)(F)F)nc2cc(C)c(C)cc21. The minimum Gasteiger partial charge on any atom is -0.493 e. The van der Waals surface area contributed by atoms with Crippen molar-refractivity contribution in [3.05, 3.63) is 57.5 Å². The van der Waals surface area contributed by atoms with Gasteiger partial charge in [0.25, 0.3) is 5.56 Å². The Morgan fingerprint density at radius 1 is 1.09 bits per heavy atom. The Bertz CT molecular complexity index is 1270. The molecule has 0 fully saturated rings. The molecule has 3 aromatic rings. The van der Waals surface area contributed by atoms with Crippen LogP contribution in [-0.2, 0) is 11.0 Å². The van der Waals surface area contributed by atoms with Gasteiger partial charge in [0.1, 0.15) is 6.04 Å². The first kappa shape index (κ1) is 24.1. The lowest BCUT2D eigenvalue weighted by Crippen LogP contribution is -2.37. The molecule has 0 saturated carbocycles. The second-order valence-corrected chi connectivity index (χ2v) is 7.54. The first-order valence-electron chi connectivity index (χ1n) is 10.1. The number of alkyl halides is 3. The maximum Gasteiger partial charge on any atom is 0.438 e. The molecule has 0 radical (unpaired) electrons. The zero-order valence-electron chi connectivity index (χ0n) is 18.8. The molecule has 1 N–H and O–H groups in total. The third kappa shape index (κ3) is 4.64. The first-order chi connectivity index (χ1) is 15.5. The zero-order chi connectivity index (χ0) is 24.5. The van der Waals surface area contributed by atoms with E-state index in [9.17, 15) is 22.8 Å². The summed E-state index contributed by atoms with van der Waals surface area (Å²) in [5.74, 6) is 0.158. The second-order valence-electron chi connectivity index (χ2n) is 7.54. The van der Waals surface area contributed by atoms with E-state index >= 15 is 0 Å². The van der Waals surface area contributed by atoms with Gasteiger partial charge in [0.15, 0.2) is 11.5 Å². The number of rotatable bonds is 6. The van der Waals surface area contributed by atoms with E-state index in [1.54, 1.807) is 39.0 Å². The minimum absolute atomic E-state index is 0.0117. The van der Waals surface area contributed by atoms with Crippen molar-refractivity contribution in [2.24, 2.45) is 0 Å². The molecule has 0 bridgehead atoms. The molecule has 0 spiro atoms. The molecule has 0 unspecified atom stereocenters. The number of nitrogens with one attached hydrogen (secondary N) is 1. The van der Waals surface area contributed by atoms with Crippen molar-refractivity contribution in [1.82, 2.24) is 9.55 Å². The average Bonchev–Trinajstić information content (AvgIpc) is 2.75. The Balaban J connectivity index is 2.16. The van der Waals surface area contributed by atoms with Crippen molar-refractivity contribution in [1.29, 1.82) is 0 Å². The average molecular weight is 463 g/mol. The van der Waals surface area contributed by atoms with Crippen molar-refractivity contribution in [2.45, 2.75) is 39.4 Å². The zero-order valence-corrected chi connectivity index (χ0v) is 18.8. The van der Waals surface area contributed by atoms with Gasteiger partial charge in [-0.2, -0.15) is 13.2 Å². The Morgan fingerprint density at radius 2 is 1.73 bits per heavy atom. The number of carbonyl (C=O) groups is 1. The fourth-order valence-corrected chi connectivity index (χ4v) is 3.58. The number of aromatic nitrogens is 2. The fraction of sp³-hybridized carbons (Fsp3) is 0.348. The largest absolute Gasteiger partial charge is 0.493 e. The highest BCUT2D eigenvalue weighted by Gasteiger charge is 2.39. The number of ether oxygens (including phenoxy) is 2. The first-order valence-corrected chi connectivity index (χ1v) is 10.1. The standard InChI is InChI=1S/C23H24F3N3O4/c1-6-16(21(30)27-14-7-8-18(32-4)19(11-14)33-5)29-17-10-13(3)12(2)9-15(17)28-20(22(29)31)23(24,25)26/h7-11,16H,6H2,1-5H3,(H,27,30)/t16-/m0/s1. The Kier molecular flexibility index (Phi) is 6.66. The van der Waals surface area contributed by atoms with Crippen LogP contribution in [0.5, 0.6) is 11.5 Å². The number of hydrogen-bond donors (Lipinski definition) is 1. The summed E-state index contributed by atoms with van der Waals surface area (Å²) in [6.07, 6.45) is -4.90. The van der Waals surface area contributed by atoms with E-state index in [2.05, 4.69) is 10.3 Å². The highest BCUT2D eigenvalue weighted by atomic mass is 19.4. The molecule has 1 atom stereocenters. The molecule has 33 heavy (non-hydrogen) atoms. The van der Waals surface area contributed by atoms with E-state index in [1.165, 1.54) is 26.4 Å². The summed E-state index contributed by atoms with van der Waals surface area (Å²) in [5.41, 5.74) is -0.968. The molecule has 0 aliphatic rings. The molecule has 0 aliphatic heterocycles.